The van der Waals surface area contributed by atoms with Crippen molar-refractivity contribution in [3.8, 4) is 11.8 Å². The number of rotatable bonds is 5. The molecule has 0 aromatic heterocycles. The summed E-state index contributed by atoms with van der Waals surface area (Å²) in [6.07, 6.45) is 2.01. The Hall–Kier alpha value is -2.04. The molecule has 0 heterocycles. The van der Waals surface area contributed by atoms with Crippen LogP contribution < -0.4 is 0 Å². The van der Waals surface area contributed by atoms with Crippen LogP contribution in [0.2, 0.25) is 0 Å². The number of nitrogens with zero attached hydrogens (tertiary/aromatic N) is 1. The standard InChI is InChI=1S/C20H24N/c1-4-16-21(5-2,6-3)17-10-14-19-13-9-12-18-11-7-8-15-20(18)19/h4,7-9,11-13,15H,1,5-6,16-17H2,2-3H3/q+1. The summed E-state index contributed by atoms with van der Waals surface area (Å²) >= 11 is 0. The van der Waals surface area contributed by atoms with Crippen molar-refractivity contribution >= 4 is 10.8 Å². The van der Waals surface area contributed by atoms with E-state index in [9.17, 15) is 0 Å². The van der Waals surface area contributed by atoms with Gasteiger partial charge in [0.15, 0.2) is 0 Å². The zero-order valence-corrected chi connectivity index (χ0v) is 13.1. The Labute approximate surface area is 128 Å². The Morgan fingerprint density at radius 1 is 1.05 bits per heavy atom. The fourth-order valence-electron chi connectivity index (χ4n) is 2.68. The highest BCUT2D eigenvalue weighted by atomic mass is 15.3. The van der Waals surface area contributed by atoms with Crippen LogP contribution in [0, 0.1) is 11.8 Å². The molecule has 0 saturated carbocycles. The molecule has 0 aliphatic rings. The van der Waals surface area contributed by atoms with Crippen molar-refractivity contribution in [2.24, 2.45) is 0 Å². The van der Waals surface area contributed by atoms with Crippen LogP contribution in [-0.4, -0.2) is 30.7 Å². The summed E-state index contributed by atoms with van der Waals surface area (Å²) in [6, 6.07) is 14.7. The predicted octanol–water partition coefficient (Wildman–Crippen LogP) is 4.23. The van der Waals surface area contributed by atoms with Crippen LogP contribution in [0.3, 0.4) is 0 Å². The molecule has 0 N–H and O–H groups in total. The minimum atomic E-state index is 0.877. The number of hydrogen-bond donors (Lipinski definition) is 0. The molecule has 0 atom stereocenters. The van der Waals surface area contributed by atoms with Gasteiger partial charge in [-0.2, -0.15) is 0 Å². The monoisotopic (exact) mass is 278 g/mol. The van der Waals surface area contributed by atoms with Gasteiger partial charge in [0.2, 0.25) is 0 Å². The molecule has 0 radical (unpaired) electrons. The number of fused-ring (bicyclic) bond motifs is 1. The van der Waals surface area contributed by atoms with Crippen LogP contribution in [0.15, 0.2) is 55.1 Å². The molecule has 1 heteroatoms. The molecule has 0 amide bonds. The molecule has 2 aromatic rings. The third-order valence-electron chi connectivity index (χ3n) is 4.29. The zero-order valence-electron chi connectivity index (χ0n) is 13.1. The lowest BCUT2D eigenvalue weighted by Crippen LogP contribution is -2.48. The highest BCUT2D eigenvalue weighted by molar-refractivity contribution is 5.88. The fraction of sp³-hybridized carbons (Fsp3) is 0.300. The van der Waals surface area contributed by atoms with Gasteiger partial charge >= 0.3 is 0 Å². The molecule has 21 heavy (non-hydrogen) atoms. The van der Waals surface area contributed by atoms with Gasteiger partial charge in [-0.05, 0) is 42.7 Å². The van der Waals surface area contributed by atoms with Crippen molar-refractivity contribution in [1.29, 1.82) is 0 Å². The van der Waals surface area contributed by atoms with Crippen LogP contribution in [-0.2, 0) is 0 Å². The molecule has 2 rings (SSSR count). The van der Waals surface area contributed by atoms with Crippen molar-refractivity contribution in [2.75, 3.05) is 26.2 Å². The highest BCUT2D eigenvalue weighted by Gasteiger charge is 2.19. The maximum absolute atomic E-state index is 3.88. The predicted molar refractivity (Wildman–Crippen MR) is 92.1 cm³/mol. The molecule has 0 bridgehead atoms. The maximum atomic E-state index is 3.88. The van der Waals surface area contributed by atoms with E-state index in [0.29, 0.717) is 0 Å². The van der Waals surface area contributed by atoms with Crippen molar-refractivity contribution in [3.63, 3.8) is 0 Å². The first kappa shape index (κ1) is 15.4. The van der Waals surface area contributed by atoms with E-state index in [1.807, 2.05) is 6.08 Å². The molecule has 0 aliphatic carbocycles. The van der Waals surface area contributed by atoms with Crippen LogP contribution in [0.1, 0.15) is 19.4 Å². The van der Waals surface area contributed by atoms with E-state index in [0.717, 1.165) is 36.2 Å². The summed E-state index contributed by atoms with van der Waals surface area (Å²) in [5.74, 6) is 6.77. The van der Waals surface area contributed by atoms with Crippen molar-refractivity contribution in [1.82, 2.24) is 0 Å². The first-order chi connectivity index (χ1) is 10.2. The van der Waals surface area contributed by atoms with Gasteiger partial charge < -0.3 is 4.48 Å². The third kappa shape index (κ3) is 3.54. The normalized spacial score (nSPS) is 11.0. The van der Waals surface area contributed by atoms with Crippen LogP contribution >= 0.6 is 0 Å². The zero-order chi connectivity index (χ0) is 15.1. The number of quaternary nitrogens is 1. The largest absolute Gasteiger partial charge is 0.311 e. The van der Waals surface area contributed by atoms with Crippen molar-refractivity contribution in [2.45, 2.75) is 13.8 Å². The Morgan fingerprint density at radius 3 is 2.48 bits per heavy atom. The summed E-state index contributed by atoms with van der Waals surface area (Å²) < 4.78 is 0.987. The van der Waals surface area contributed by atoms with Gasteiger partial charge in [0, 0.05) is 5.56 Å². The molecule has 0 fully saturated rings. The summed E-state index contributed by atoms with van der Waals surface area (Å²) in [5.41, 5.74) is 1.12. The van der Waals surface area contributed by atoms with Gasteiger partial charge in [0.25, 0.3) is 0 Å². The second-order valence-corrected chi connectivity index (χ2v) is 5.43. The maximum Gasteiger partial charge on any atom is 0.141 e. The van der Waals surface area contributed by atoms with Crippen molar-refractivity contribution in [3.05, 3.63) is 60.7 Å². The highest BCUT2D eigenvalue weighted by Crippen LogP contribution is 2.17. The van der Waals surface area contributed by atoms with Gasteiger partial charge in [0.1, 0.15) is 6.54 Å². The Morgan fingerprint density at radius 2 is 1.76 bits per heavy atom. The van der Waals surface area contributed by atoms with E-state index in [2.05, 4.69) is 74.7 Å². The lowest BCUT2D eigenvalue weighted by molar-refractivity contribution is -0.912. The van der Waals surface area contributed by atoms with E-state index < -0.39 is 0 Å². The van der Waals surface area contributed by atoms with Crippen molar-refractivity contribution < 1.29 is 4.48 Å². The Bertz CT molecular complexity index is 664. The van der Waals surface area contributed by atoms with Gasteiger partial charge in [-0.15, -0.1) is 0 Å². The topological polar surface area (TPSA) is 0 Å². The molecular weight excluding hydrogens is 254 g/mol. The van der Waals surface area contributed by atoms with Gasteiger partial charge in [-0.1, -0.05) is 48.9 Å². The molecular formula is C20H24N+. The first-order valence-electron chi connectivity index (χ1n) is 7.67. The van der Waals surface area contributed by atoms with Gasteiger partial charge in [-0.25, -0.2) is 0 Å². The second-order valence-electron chi connectivity index (χ2n) is 5.43. The second kappa shape index (κ2) is 7.11. The molecule has 2 aromatic carbocycles. The van der Waals surface area contributed by atoms with E-state index in [-0.39, 0.29) is 0 Å². The first-order valence-corrected chi connectivity index (χ1v) is 7.67. The smallest absolute Gasteiger partial charge is 0.141 e. The SMILES string of the molecule is C=CC[N+](CC)(CC)CC#Cc1cccc2ccccc12. The summed E-state index contributed by atoms with van der Waals surface area (Å²) in [5, 5.41) is 2.49. The molecule has 0 saturated heterocycles. The molecule has 108 valence electrons. The van der Waals surface area contributed by atoms with E-state index in [1.165, 1.54) is 10.8 Å². The molecule has 0 unspecified atom stereocenters. The average Bonchev–Trinajstić information content (AvgIpc) is 2.54. The minimum absolute atomic E-state index is 0.877. The number of likely N-dealkylation sites (N-methyl/N-ethyl adjacent to an activating group) is 1. The quantitative estimate of drug-likeness (QED) is 0.436. The molecule has 0 spiro atoms. The molecule has 1 nitrogen and oxygen atoms in total. The van der Waals surface area contributed by atoms with E-state index >= 15 is 0 Å². The summed E-state index contributed by atoms with van der Waals surface area (Å²) in [7, 11) is 0. The van der Waals surface area contributed by atoms with Crippen LogP contribution in [0.25, 0.3) is 10.8 Å². The lowest BCUT2D eigenvalue weighted by Gasteiger charge is -2.33. The summed E-state index contributed by atoms with van der Waals surface area (Å²) in [4.78, 5) is 0. The fourth-order valence-corrected chi connectivity index (χ4v) is 2.68. The van der Waals surface area contributed by atoms with E-state index in [1.54, 1.807) is 0 Å². The van der Waals surface area contributed by atoms with Gasteiger partial charge in [-0.3, -0.25) is 0 Å². The van der Waals surface area contributed by atoms with E-state index in [4.69, 9.17) is 0 Å². The van der Waals surface area contributed by atoms with Crippen LogP contribution in [0.4, 0.5) is 0 Å². The third-order valence-corrected chi connectivity index (χ3v) is 4.29. The Balaban J connectivity index is 2.27. The number of hydrogen-bond acceptors (Lipinski definition) is 0. The Kier molecular flexibility index (Phi) is 5.20. The molecule has 0 aliphatic heterocycles. The lowest BCUT2D eigenvalue weighted by atomic mass is 10.1. The average molecular weight is 278 g/mol. The van der Waals surface area contributed by atoms with Crippen LogP contribution in [0.5, 0.6) is 0 Å². The number of benzene rings is 2. The van der Waals surface area contributed by atoms with Gasteiger partial charge in [0.05, 0.1) is 19.6 Å². The minimum Gasteiger partial charge on any atom is -0.311 e. The summed E-state index contributed by atoms with van der Waals surface area (Å²) in [6.45, 7) is 12.4.